The van der Waals surface area contributed by atoms with Crippen molar-refractivity contribution in [3.05, 3.63) is 68.6 Å². The van der Waals surface area contributed by atoms with E-state index in [9.17, 15) is 20.3 Å². The van der Waals surface area contributed by atoms with Crippen LogP contribution in [0.4, 0.5) is 0 Å². The minimum Gasteiger partial charge on any atom is -0.506 e. The Bertz CT molecular complexity index is 1430. The van der Waals surface area contributed by atoms with Gasteiger partial charge in [-0.3, -0.25) is 9.78 Å². The summed E-state index contributed by atoms with van der Waals surface area (Å²) < 4.78 is 1.28. The van der Waals surface area contributed by atoms with Gasteiger partial charge in [0.05, 0.1) is 11.1 Å². The van der Waals surface area contributed by atoms with Gasteiger partial charge in [-0.15, -0.1) is 0 Å². The van der Waals surface area contributed by atoms with Crippen LogP contribution in [0.15, 0.2) is 41.3 Å². The van der Waals surface area contributed by atoms with Crippen LogP contribution in [0.25, 0.3) is 22.2 Å². The molecule has 0 amide bonds. The van der Waals surface area contributed by atoms with E-state index in [-0.39, 0.29) is 27.3 Å². The molecule has 0 aliphatic carbocycles. The normalized spacial score (nSPS) is 11.2. The van der Waals surface area contributed by atoms with Crippen LogP contribution >= 0.6 is 0 Å². The molecule has 3 rings (SSSR count). The lowest BCUT2D eigenvalue weighted by atomic mass is 10.1. The molecule has 0 saturated carbocycles. The Morgan fingerprint density at radius 1 is 1.18 bits per heavy atom. The average Bonchev–Trinajstić information content (AvgIpc) is 2.73. The van der Waals surface area contributed by atoms with Crippen molar-refractivity contribution in [1.29, 1.82) is 15.8 Å². The van der Waals surface area contributed by atoms with Gasteiger partial charge < -0.3 is 14.8 Å². The molecule has 0 aliphatic heterocycles. The Hall–Kier alpha value is -4.61. The van der Waals surface area contributed by atoms with Gasteiger partial charge in [0.15, 0.2) is 5.57 Å². The maximum absolute atomic E-state index is 12.7. The molecule has 2 heterocycles. The molecule has 0 aliphatic rings. The molecule has 1 aromatic carbocycles. The van der Waals surface area contributed by atoms with Gasteiger partial charge >= 0.3 is 0 Å². The number of hydrogen-bond donors (Lipinski definition) is 2. The van der Waals surface area contributed by atoms with E-state index < -0.39 is 17.1 Å². The molecule has 28 heavy (non-hydrogen) atoms. The highest BCUT2D eigenvalue weighted by molar-refractivity contribution is 5.89. The Morgan fingerprint density at radius 2 is 1.86 bits per heavy atom. The van der Waals surface area contributed by atoms with Gasteiger partial charge in [0, 0.05) is 23.8 Å². The van der Waals surface area contributed by atoms with Gasteiger partial charge in [-0.05, 0) is 18.2 Å². The first-order valence-electron chi connectivity index (χ1n) is 7.89. The fraction of sp³-hybridized carbons (Fsp3) is 0.0500. The quantitative estimate of drug-likeness (QED) is 0.632. The Labute approximate surface area is 158 Å². The first-order chi connectivity index (χ1) is 13.4. The van der Waals surface area contributed by atoms with Crippen molar-refractivity contribution in [2.24, 2.45) is 7.05 Å². The minimum atomic E-state index is -0.641. The number of aryl methyl sites for hydroxylation is 1. The molecule has 8 heteroatoms. The number of aliphatic hydroxyl groups is 1. The summed E-state index contributed by atoms with van der Waals surface area (Å²) in [6, 6.07) is 12.9. The maximum Gasteiger partial charge on any atom is 0.265 e. The van der Waals surface area contributed by atoms with Gasteiger partial charge in [-0.1, -0.05) is 12.1 Å². The standard InChI is InChI=1S/C20H11N5O3/c1-25-15-5-3-2-4-14(15)19(27)16(20(25)28)18(26)12-6-11(7-21)17(24-10-12)13(8-22)9-23/h2-6,10,26-27H,1H3/b18-12+. The van der Waals surface area contributed by atoms with E-state index in [1.165, 1.54) is 17.7 Å². The number of nitriles is 3. The second kappa shape index (κ2) is 6.95. The number of nitrogens with zero attached hydrogens (tertiary/aromatic N) is 5. The van der Waals surface area contributed by atoms with E-state index in [0.717, 1.165) is 6.20 Å². The lowest BCUT2D eigenvalue weighted by Gasteiger charge is -2.11. The van der Waals surface area contributed by atoms with Crippen LogP contribution in [0, 0.1) is 34.0 Å². The van der Waals surface area contributed by atoms with Gasteiger partial charge in [0.1, 0.15) is 40.6 Å². The second-order valence-corrected chi connectivity index (χ2v) is 5.78. The highest BCUT2D eigenvalue weighted by Gasteiger charge is 2.18. The average molecular weight is 369 g/mol. The molecule has 0 saturated heterocycles. The van der Waals surface area contributed by atoms with Crippen LogP contribution < -0.4 is 16.1 Å². The van der Waals surface area contributed by atoms with Crippen molar-refractivity contribution in [3.8, 4) is 24.0 Å². The number of rotatable bonds is 1. The smallest absolute Gasteiger partial charge is 0.265 e. The number of para-hydroxylation sites is 1. The summed E-state index contributed by atoms with van der Waals surface area (Å²) in [6.45, 7) is 0. The first-order valence-corrected chi connectivity index (χ1v) is 7.89. The summed E-state index contributed by atoms with van der Waals surface area (Å²) in [5.74, 6) is -0.977. The van der Waals surface area contributed by atoms with E-state index in [0.29, 0.717) is 10.9 Å². The van der Waals surface area contributed by atoms with E-state index >= 15 is 0 Å². The zero-order valence-electron chi connectivity index (χ0n) is 14.5. The number of pyridine rings is 2. The zero-order chi connectivity index (χ0) is 20.4. The molecule has 0 spiro atoms. The predicted octanol–water partition coefficient (Wildman–Crippen LogP) is 0.423. The number of benzene rings is 1. The molecular weight excluding hydrogens is 358 g/mol. The fourth-order valence-electron chi connectivity index (χ4n) is 2.85. The van der Waals surface area contributed by atoms with Crippen LogP contribution in [0.2, 0.25) is 0 Å². The van der Waals surface area contributed by atoms with E-state index in [4.69, 9.17) is 10.5 Å². The van der Waals surface area contributed by atoms with Crippen LogP contribution in [-0.4, -0.2) is 19.8 Å². The number of fused-ring (bicyclic) bond motifs is 1. The maximum atomic E-state index is 12.7. The molecule has 0 unspecified atom stereocenters. The molecule has 2 N–H and O–H groups in total. The molecular formula is C20H11N5O3. The van der Waals surface area contributed by atoms with Crippen LogP contribution in [-0.2, 0) is 7.05 Å². The fourth-order valence-corrected chi connectivity index (χ4v) is 2.85. The lowest BCUT2D eigenvalue weighted by molar-refractivity contribution is 0.461. The van der Waals surface area contributed by atoms with Crippen molar-refractivity contribution in [2.45, 2.75) is 0 Å². The SMILES string of the molecule is Cn1c(=O)c(/C(O)=c2\cnc(=C(C#N)C#N)c(C#N)c2)c(O)c2ccccc21. The topological polar surface area (TPSA) is 147 Å². The largest absolute Gasteiger partial charge is 0.506 e. The molecule has 134 valence electrons. The number of aromatic nitrogens is 2. The summed E-state index contributed by atoms with van der Waals surface area (Å²) in [7, 11) is 1.50. The summed E-state index contributed by atoms with van der Waals surface area (Å²) >= 11 is 0. The molecule has 0 fully saturated rings. The van der Waals surface area contributed by atoms with Crippen molar-refractivity contribution >= 4 is 22.2 Å². The third-order valence-electron chi connectivity index (χ3n) is 4.25. The van der Waals surface area contributed by atoms with Crippen molar-refractivity contribution in [1.82, 2.24) is 9.55 Å². The van der Waals surface area contributed by atoms with Gasteiger partial charge in [0.25, 0.3) is 5.56 Å². The summed E-state index contributed by atoms with van der Waals surface area (Å²) in [4.78, 5) is 16.6. The van der Waals surface area contributed by atoms with E-state index in [1.807, 2.05) is 0 Å². The van der Waals surface area contributed by atoms with Crippen molar-refractivity contribution in [3.63, 3.8) is 0 Å². The van der Waals surface area contributed by atoms with E-state index in [1.54, 1.807) is 42.5 Å². The second-order valence-electron chi connectivity index (χ2n) is 5.78. The Morgan fingerprint density at radius 3 is 2.50 bits per heavy atom. The number of aromatic hydroxyl groups is 1. The highest BCUT2D eigenvalue weighted by atomic mass is 16.3. The molecule has 8 nitrogen and oxygen atoms in total. The molecule has 3 aromatic rings. The van der Waals surface area contributed by atoms with Gasteiger partial charge in [-0.25, -0.2) is 0 Å². The van der Waals surface area contributed by atoms with Crippen molar-refractivity contribution < 1.29 is 10.2 Å². The van der Waals surface area contributed by atoms with Gasteiger partial charge in [-0.2, -0.15) is 15.8 Å². The number of hydrogen-bond acceptors (Lipinski definition) is 7. The van der Waals surface area contributed by atoms with Crippen molar-refractivity contribution in [2.75, 3.05) is 0 Å². The Kier molecular flexibility index (Phi) is 4.52. The zero-order valence-corrected chi connectivity index (χ0v) is 14.5. The van der Waals surface area contributed by atoms with Gasteiger partial charge in [0.2, 0.25) is 0 Å². The third kappa shape index (κ3) is 2.70. The summed E-state index contributed by atoms with van der Waals surface area (Å²) in [5, 5.41) is 48.7. The molecule has 2 aromatic heterocycles. The molecule has 0 bridgehead atoms. The third-order valence-corrected chi connectivity index (χ3v) is 4.25. The van der Waals surface area contributed by atoms with Crippen LogP contribution in [0.1, 0.15) is 11.1 Å². The summed E-state index contributed by atoms with van der Waals surface area (Å²) in [6.07, 6.45) is 1.12. The lowest BCUT2D eigenvalue weighted by Crippen LogP contribution is -2.26. The first kappa shape index (κ1) is 18.2. The monoisotopic (exact) mass is 369 g/mol. The minimum absolute atomic E-state index is 0.0155. The summed E-state index contributed by atoms with van der Waals surface area (Å²) in [5.41, 5.74) is -0.983. The predicted molar refractivity (Wildman–Crippen MR) is 98.8 cm³/mol. The highest BCUT2D eigenvalue weighted by Crippen LogP contribution is 2.28. The van der Waals surface area contributed by atoms with Crippen LogP contribution in [0.5, 0.6) is 5.75 Å². The van der Waals surface area contributed by atoms with E-state index in [2.05, 4.69) is 4.98 Å². The molecule has 0 atom stereocenters. The molecule has 0 radical (unpaired) electrons. The Balaban J connectivity index is 2.46. The van der Waals surface area contributed by atoms with Crippen LogP contribution in [0.3, 0.4) is 0 Å². The number of aliphatic hydroxyl groups excluding tert-OH is 1.